The van der Waals surface area contributed by atoms with Crippen molar-refractivity contribution < 1.29 is 14.2 Å². The number of benzene rings is 1. The number of ether oxygens (including phenoxy) is 3. The van der Waals surface area contributed by atoms with Crippen molar-refractivity contribution in [3.8, 4) is 17.2 Å². The van der Waals surface area contributed by atoms with Crippen LogP contribution < -0.4 is 19.5 Å². The minimum absolute atomic E-state index is 0.235. The molecule has 0 amide bonds. The van der Waals surface area contributed by atoms with Crippen LogP contribution in [0.1, 0.15) is 32.6 Å². The molecule has 1 fully saturated rings. The molecule has 3 atom stereocenters. The predicted molar refractivity (Wildman–Crippen MR) is 77.5 cm³/mol. The molecule has 1 aromatic rings. The van der Waals surface area contributed by atoms with Gasteiger partial charge in [0.05, 0.1) is 0 Å². The zero-order chi connectivity index (χ0) is 13.9. The first-order chi connectivity index (χ1) is 9.80. The fourth-order valence-corrected chi connectivity index (χ4v) is 3.17. The van der Waals surface area contributed by atoms with Crippen molar-refractivity contribution in [2.24, 2.45) is 5.92 Å². The van der Waals surface area contributed by atoms with E-state index in [9.17, 15) is 0 Å². The number of hydrogen-bond donors (Lipinski definition) is 1. The molecule has 0 aromatic heterocycles. The van der Waals surface area contributed by atoms with Crippen molar-refractivity contribution in [3.63, 3.8) is 0 Å². The van der Waals surface area contributed by atoms with Crippen LogP contribution in [0.2, 0.25) is 0 Å². The van der Waals surface area contributed by atoms with Gasteiger partial charge in [0, 0.05) is 12.1 Å². The summed E-state index contributed by atoms with van der Waals surface area (Å²) in [6.45, 7) is 2.57. The molecule has 20 heavy (non-hydrogen) atoms. The second-order valence-corrected chi connectivity index (χ2v) is 5.65. The van der Waals surface area contributed by atoms with E-state index in [4.69, 9.17) is 14.2 Å². The van der Waals surface area contributed by atoms with Gasteiger partial charge >= 0.3 is 0 Å². The van der Waals surface area contributed by atoms with Crippen LogP contribution in [0.5, 0.6) is 17.2 Å². The lowest BCUT2D eigenvalue weighted by atomic mass is 9.82. The van der Waals surface area contributed by atoms with E-state index in [1.165, 1.54) is 19.3 Å². The Balaban J connectivity index is 1.71. The number of nitrogens with one attached hydrogen (secondary N) is 1. The molecule has 1 aliphatic carbocycles. The third-order valence-corrected chi connectivity index (χ3v) is 4.48. The monoisotopic (exact) mass is 277 g/mol. The van der Waals surface area contributed by atoms with Gasteiger partial charge in [-0.25, -0.2) is 0 Å². The Bertz CT molecular complexity index is 463. The number of fused-ring (bicyclic) bond motifs is 1. The van der Waals surface area contributed by atoms with Crippen LogP contribution in [0.4, 0.5) is 0 Å². The summed E-state index contributed by atoms with van der Waals surface area (Å²) in [4.78, 5) is 0. The van der Waals surface area contributed by atoms with Gasteiger partial charge < -0.3 is 19.5 Å². The highest BCUT2D eigenvalue weighted by molar-refractivity contribution is 5.46. The zero-order valence-corrected chi connectivity index (χ0v) is 12.2. The van der Waals surface area contributed by atoms with Crippen molar-refractivity contribution in [2.75, 3.05) is 13.8 Å². The van der Waals surface area contributed by atoms with Gasteiger partial charge in [0.15, 0.2) is 11.5 Å². The molecule has 0 bridgehead atoms. The molecule has 3 rings (SSSR count). The van der Waals surface area contributed by atoms with Crippen LogP contribution in [-0.4, -0.2) is 26.0 Å². The van der Waals surface area contributed by atoms with Crippen molar-refractivity contribution >= 4 is 0 Å². The molecule has 4 nitrogen and oxygen atoms in total. The first-order valence-electron chi connectivity index (χ1n) is 7.53. The molecule has 0 saturated heterocycles. The topological polar surface area (TPSA) is 39.7 Å². The Kier molecular flexibility index (Phi) is 4.01. The van der Waals surface area contributed by atoms with Crippen LogP contribution in [0.25, 0.3) is 0 Å². The smallest absolute Gasteiger partial charge is 0.231 e. The van der Waals surface area contributed by atoms with Gasteiger partial charge in [0.2, 0.25) is 6.79 Å². The van der Waals surface area contributed by atoms with E-state index in [0.29, 0.717) is 12.8 Å². The third kappa shape index (κ3) is 2.70. The van der Waals surface area contributed by atoms with Crippen molar-refractivity contribution in [1.82, 2.24) is 5.32 Å². The quantitative estimate of drug-likeness (QED) is 0.918. The van der Waals surface area contributed by atoms with E-state index in [1.54, 1.807) is 0 Å². The van der Waals surface area contributed by atoms with Crippen molar-refractivity contribution in [1.29, 1.82) is 0 Å². The maximum atomic E-state index is 6.22. The lowest BCUT2D eigenvalue weighted by Gasteiger charge is -2.35. The van der Waals surface area contributed by atoms with E-state index >= 15 is 0 Å². The first kappa shape index (κ1) is 13.6. The second-order valence-electron chi connectivity index (χ2n) is 5.65. The highest BCUT2D eigenvalue weighted by atomic mass is 16.7. The van der Waals surface area contributed by atoms with Gasteiger partial charge in [0.25, 0.3) is 0 Å². The molecule has 3 unspecified atom stereocenters. The summed E-state index contributed by atoms with van der Waals surface area (Å²) in [5.41, 5.74) is 0. The lowest BCUT2D eigenvalue weighted by molar-refractivity contribution is 0.0881. The SMILES string of the molecule is CCC1CCC(NC)C(Oc2ccc3c(c2)OCO3)C1. The standard InChI is InChI=1S/C16H23NO3/c1-3-11-4-6-13(17-2)15(8-11)20-12-5-7-14-16(9-12)19-10-18-14/h5,7,9,11,13,15,17H,3-4,6,8,10H2,1-2H3. The lowest BCUT2D eigenvalue weighted by Crippen LogP contribution is -2.45. The van der Waals surface area contributed by atoms with Crippen LogP contribution >= 0.6 is 0 Å². The van der Waals surface area contributed by atoms with Gasteiger partial charge in [-0.1, -0.05) is 13.3 Å². The van der Waals surface area contributed by atoms with Crippen molar-refractivity contribution in [2.45, 2.75) is 44.8 Å². The first-order valence-corrected chi connectivity index (χ1v) is 7.53. The van der Waals surface area contributed by atoms with Gasteiger partial charge in [-0.05, 0) is 44.4 Å². The Hall–Kier alpha value is -1.42. The van der Waals surface area contributed by atoms with Gasteiger partial charge in [-0.2, -0.15) is 0 Å². The minimum Gasteiger partial charge on any atom is -0.489 e. The number of hydrogen-bond acceptors (Lipinski definition) is 4. The van der Waals surface area contributed by atoms with Crippen LogP contribution in [0, 0.1) is 5.92 Å². The minimum atomic E-state index is 0.235. The largest absolute Gasteiger partial charge is 0.489 e. The van der Waals surface area contributed by atoms with E-state index in [0.717, 1.165) is 29.6 Å². The molecule has 4 heteroatoms. The van der Waals surface area contributed by atoms with Gasteiger partial charge in [0.1, 0.15) is 11.9 Å². The summed E-state index contributed by atoms with van der Waals surface area (Å²) in [6.07, 6.45) is 5.07. The molecule has 110 valence electrons. The molecule has 1 heterocycles. The molecule has 1 aliphatic heterocycles. The summed E-state index contributed by atoms with van der Waals surface area (Å²) in [7, 11) is 2.02. The Morgan fingerprint density at radius 3 is 2.90 bits per heavy atom. The highest BCUT2D eigenvalue weighted by Crippen LogP contribution is 2.37. The van der Waals surface area contributed by atoms with E-state index in [-0.39, 0.29) is 6.10 Å². The van der Waals surface area contributed by atoms with E-state index < -0.39 is 0 Å². The molecule has 0 spiro atoms. The Morgan fingerprint density at radius 1 is 1.25 bits per heavy atom. The zero-order valence-electron chi connectivity index (χ0n) is 12.2. The Morgan fingerprint density at radius 2 is 2.10 bits per heavy atom. The summed E-state index contributed by atoms with van der Waals surface area (Å²) >= 11 is 0. The molecule has 2 aliphatic rings. The molecule has 0 radical (unpaired) electrons. The number of rotatable bonds is 4. The maximum Gasteiger partial charge on any atom is 0.231 e. The summed E-state index contributed by atoms with van der Waals surface area (Å²) in [5, 5.41) is 3.39. The van der Waals surface area contributed by atoms with Gasteiger partial charge in [-0.3, -0.25) is 0 Å². The molecule has 1 N–H and O–H groups in total. The molecule has 1 aromatic carbocycles. The van der Waals surface area contributed by atoms with Gasteiger partial charge in [-0.15, -0.1) is 0 Å². The second kappa shape index (κ2) is 5.92. The fourth-order valence-electron chi connectivity index (χ4n) is 3.17. The normalized spacial score (nSPS) is 28.4. The van der Waals surface area contributed by atoms with Crippen LogP contribution in [0.3, 0.4) is 0 Å². The molecule has 1 saturated carbocycles. The molecular formula is C16H23NO3. The van der Waals surface area contributed by atoms with Crippen molar-refractivity contribution in [3.05, 3.63) is 18.2 Å². The summed E-state index contributed by atoms with van der Waals surface area (Å²) in [6, 6.07) is 6.26. The maximum absolute atomic E-state index is 6.22. The highest BCUT2D eigenvalue weighted by Gasteiger charge is 2.30. The number of likely N-dealkylation sites (N-methyl/N-ethyl adjacent to an activating group) is 1. The summed E-state index contributed by atoms with van der Waals surface area (Å²) in [5.74, 6) is 3.24. The molecular weight excluding hydrogens is 254 g/mol. The van der Waals surface area contributed by atoms with Crippen LogP contribution in [0.15, 0.2) is 18.2 Å². The third-order valence-electron chi connectivity index (χ3n) is 4.48. The predicted octanol–water partition coefficient (Wildman–Crippen LogP) is 2.96. The van der Waals surface area contributed by atoms with Crippen LogP contribution in [-0.2, 0) is 0 Å². The summed E-state index contributed by atoms with van der Waals surface area (Å²) < 4.78 is 17.0. The fraction of sp³-hybridized carbons (Fsp3) is 0.625. The van der Waals surface area contributed by atoms with E-state index in [2.05, 4.69) is 12.2 Å². The van der Waals surface area contributed by atoms with E-state index in [1.807, 2.05) is 25.2 Å². The Labute approximate surface area is 120 Å². The average Bonchev–Trinajstić information content (AvgIpc) is 2.94. The average molecular weight is 277 g/mol.